The Bertz CT molecular complexity index is 1300. The zero-order chi connectivity index (χ0) is 24.2. The van der Waals surface area contributed by atoms with E-state index in [1.165, 1.54) is 12.7 Å². The van der Waals surface area contributed by atoms with Crippen molar-refractivity contribution in [1.29, 1.82) is 0 Å². The molecule has 10 heteroatoms. The van der Waals surface area contributed by atoms with Crippen molar-refractivity contribution in [2.45, 2.75) is 52.6 Å². The first-order chi connectivity index (χ1) is 16.4. The molecule has 4 rings (SSSR count). The average Bonchev–Trinajstić information content (AvgIpc) is 3.38. The van der Waals surface area contributed by atoms with Gasteiger partial charge in [0.15, 0.2) is 0 Å². The van der Waals surface area contributed by atoms with Gasteiger partial charge in [0.25, 0.3) is 5.91 Å². The van der Waals surface area contributed by atoms with Crippen LogP contribution in [-0.2, 0) is 13.1 Å². The molecule has 1 aromatic carbocycles. The number of allylic oxidation sites excluding steroid dienone is 1. The van der Waals surface area contributed by atoms with E-state index in [2.05, 4.69) is 20.4 Å². The van der Waals surface area contributed by atoms with Crippen LogP contribution in [0.1, 0.15) is 59.1 Å². The molecule has 0 saturated carbocycles. The van der Waals surface area contributed by atoms with Crippen molar-refractivity contribution >= 4 is 35.0 Å². The van der Waals surface area contributed by atoms with Crippen molar-refractivity contribution in [3.63, 3.8) is 0 Å². The lowest BCUT2D eigenvalue weighted by atomic mass is 10.0. The summed E-state index contributed by atoms with van der Waals surface area (Å²) in [7, 11) is 1.53. The molecule has 0 unspecified atom stereocenters. The van der Waals surface area contributed by atoms with Gasteiger partial charge in [-0.3, -0.25) is 24.6 Å². The first kappa shape index (κ1) is 23.2. The fraction of sp³-hybridized carbons (Fsp3) is 0.375. The Hall–Kier alpha value is -3.95. The number of fused-ring (bicyclic) bond motifs is 1. The largest absolute Gasteiger partial charge is 0.494 e. The molecule has 0 radical (unpaired) electrons. The fourth-order valence-electron chi connectivity index (χ4n) is 4.18. The van der Waals surface area contributed by atoms with E-state index < -0.39 is 5.91 Å². The normalized spacial score (nSPS) is 13.2. The molecule has 178 valence electrons. The van der Waals surface area contributed by atoms with Crippen molar-refractivity contribution in [2.75, 3.05) is 12.4 Å². The number of aryl methyl sites for hydroxylation is 3. The van der Waals surface area contributed by atoms with E-state index in [1.807, 2.05) is 30.8 Å². The van der Waals surface area contributed by atoms with E-state index >= 15 is 0 Å². The van der Waals surface area contributed by atoms with Crippen LogP contribution in [0.5, 0.6) is 5.75 Å². The van der Waals surface area contributed by atoms with Crippen molar-refractivity contribution in [3.8, 4) is 5.75 Å². The summed E-state index contributed by atoms with van der Waals surface area (Å²) < 4.78 is 9.14. The second-order valence-corrected chi connectivity index (χ2v) is 8.20. The van der Waals surface area contributed by atoms with Gasteiger partial charge in [0.2, 0.25) is 11.9 Å². The molecule has 34 heavy (non-hydrogen) atoms. The number of rotatable bonds is 9. The number of aromatic nitrogens is 4. The van der Waals surface area contributed by atoms with Gasteiger partial charge in [-0.15, -0.1) is 0 Å². The van der Waals surface area contributed by atoms with Gasteiger partial charge in [-0.25, -0.2) is 4.98 Å². The molecular formula is C24H29N7O3. The van der Waals surface area contributed by atoms with Crippen LogP contribution in [0.25, 0.3) is 11.0 Å². The minimum atomic E-state index is -0.576. The molecule has 0 bridgehead atoms. The second kappa shape index (κ2) is 9.90. The van der Waals surface area contributed by atoms with Crippen LogP contribution in [0.4, 0.5) is 5.95 Å². The highest BCUT2D eigenvalue weighted by Crippen LogP contribution is 2.31. The summed E-state index contributed by atoms with van der Waals surface area (Å²) in [6, 6.07) is 4.96. The fourth-order valence-corrected chi connectivity index (χ4v) is 4.18. The third-order valence-corrected chi connectivity index (χ3v) is 5.81. The Labute approximate surface area is 197 Å². The number of ether oxygens (including phenoxy) is 1. The van der Waals surface area contributed by atoms with Crippen molar-refractivity contribution in [1.82, 2.24) is 19.3 Å². The number of carbonyl (C=O) groups excluding carboxylic acids is 2. The maximum Gasteiger partial charge on any atom is 0.276 e. The SMILES string of the molecule is CCn1nc(C)cc1C(=O)Nc1nc2cc(C(N)=O)cc(OC)c2n1CCCC1=CN=CCC1. The van der Waals surface area contributed by atoms with Gasteiger partial charge in [-0.2, -0.15) is 5.10 Å². The first-order valence-electron chi connectivity index (χ1n) is 11.3. The number of nitrogens with two attached hydrogens (primary N) is 1. The molecule has 3 heterocycles. The second-order valence-electron chi connectivity index (χ2n) is 8.20. The summed E-state index contributed by atoms with van der Waals surface area (Å²) in [6.07, 6.45) is 7.51. The molecule has 0 spiro atoms. The number of aliphatic imine (C=N–C) groups is 1. The zero-order valence-electron chi connectivity index (χ0n) is 19.7. The summed E-state index contributed by atoms with van der Waals surface area (Å²) in [5, 5.41) is 7.29. The zero-order valence-corrected chi connectivity index (χ0v) is 19.7. The molecule has 1 aliphatic heterocycles. The highest BCUT2D eigenvalue weighted by Gasteiger charge is 2.21. The number of primary amides is 1. The maximum absolute atomic E-state index is 13.1. The summed E-state index contributed by atoms with van der Waals surface area (Å²) >= 11 is 0. The highest BCUT2D eigenvalue weighted by atomic mass is 16.5. The number of carbonyl (C=O) groups is 2. The summed E-state index contributed by atoms with van der Waals surface area (Å²) in [5.41, 5.74) is 9.51. The number of amides is 2. The first-order valence-corrected chi connectivity index (χ1v) is 11.3. The van der Waals surface area contributed by atoms with Gasteiger partial charge >= 0.3 is 0 Å². The molecular weight excluding hydrogens is 434 g/mol. The number of hydrogen-bond donors (Lipinski definition) is 2. The molecule has 2 aromatic heterocycles. The topological polar surface area (TPSA) is 129 Å². The minimum absolute atomic E-state index is 0.289. The van der Waals surface area contributed by atoms with Crippen LogP contribution in [-0.4, -0.2) is 44.5 Å². The van der Waals surface area contributed by atoms with Gasteiger partial charge < -0.3 is 15.0 Å². The molecule has 0 saturated heterocycles. The number of benzene rings is 1. The third-order valence-electron chi connectivity index (χ3n) is 5.81. The standard InChI is InChI=1S/C24H29N7O3/c1-4-31-19(11-15(2)29-31)23(33)28-24-27-18-12-17(22(25)32)13-20(34-3)21(18)30(24)10-6-8-16-7-5-9-26-14-16/h9,11-14H,4-8,10H2,1-3H3,(H2,25,32)(H,27,28,33). The summed E-state index contributed by atoms with van der Waals surface area (Å²) in [6.45, 7) is 4.93. The van der Waals surface area contributed by atoms with Crippen LogP contribution < -0.4 is 15.8 Å². The predicted molar refractivity (Wildman–Crippen MR) is 130 cm³/mol. The van der Waals surface area contributed by atoms with Crippen LogP contribution in [0.2, 0.25) is 0 Å². The van der Waals surface area contributed by atoms with Crippen LogP contribution in [0.3, 0.4) is 0 Å². The Balaban J connectivity index is 1.71. The Kier molecular flexibility index (Phi) is 6.76. The summed E-state index contributed by atoms with van der Waals surface area (Å²) in [5.74, 6) is -0.0443. The molecule has 2 amide bonds. The van der Waals surface area contributed by atoms with Crippen LogP contribution in [0.15, 0.2) is 35.0 Å². The van der Waals surface area contributed by atoms with Gasteiger partial charge in [-0.1, -0.05) is 5.57 Å². The number of methoxy groups -OCH3 is 1. The number of nitrogens with zero attached hydrogens (tertiary/aromatic N) is 5. The Morgan fingerprint density at radius 3 is 2.76 bits per heavy atom. The molecule has 3 N–H and O–H groups in total. The molecule has 3 aromatic rings. The smallest absolute Gasteiger partial charge is 0.276 e. The van der Waals surface area contributed by atoms with E-state index in [4.69, 9.17) is 10.5 Å². The van der Waals surface area contributed by atoms with Gasteiger partial charge in [0.05, 0.1) is 18.3 Å². The lowest BCUT2D eigenvalue weighted by molar-refractivity contribution is 0.0995. The predicted octanol–water partition coefficient (Wildman–Crippen LogP) is 3.45. The van der Waals surface area contributed by atoms with Gasteiger partial charge in [0, 0.05) is 31.1 Å². The highest BCUT2D eigenvalue weighted by molar-refractivity contribution is 6.04. The van der Waals surface area contributed by atoms with E-state index in [0.29, 0.717) is 41.5 Å². The van der Waals surface area contributed by atoms with E-state index in [0.717, 1.165) is 31.4 Å². The number of imidazole rings is 1. The van der Waals surface area contributed by atoms with Crippen LogP contribution in [0, 0.1) is 6.92 Å². The Morgan fingerprint density at radius 1 is 1.26 bits per heavy atom. The van der Waals surface area contributed by atoms with Gasteiger partial charge in [-0.05, 0) is 57.7 Å². The maximum atomic E-state index is 13.1. The number of anilines is 1. The summed E-state index contributed by atoms with van der Waals surface area (Å²) in [4.78, 5) is 33.8. The van der Waals surface area contributed by atoms with Crippen molar-refractivity contribution in [2.24, 2.45) is 10.7 Å². The average molecular weight is 464 g/mol. The third kappa shape index (κ3) is 4.70. The Morgan fingerprint density at radius 2 is 2.09 bits per heavy atom. The van der Waals surface area contributed by atoms with E-state index in [1.54, 1.807) is 22.9 Å². The minimum Gasteiger partial charge on any atom is -0.494 e. The number of hydrogen-bond acceptors (Lipinski definition) is 6. The van der Waals surface area contributed by atoms with E-state index in [-0.39, 0.29) is 11.5 Å². The lowest BCUT2D eigenvalue weighted by Gasteiger charge is -2.14. The molecule has 1 aliphatic rings. The van der Waals surface area contributed by atoms with Crippen LogP contribution >= 0.6 is 0 Å². The monoisotopic (exact) mass is 463 g/mol. The molecule has 10 nitrogen and oxygen atoms in total. The van der Waals surface area contributed by atoms with Gasteiger partial charge in [0.1, 0.15) is 17.0 Å². The molecule has 0 atom stereocenters. The quantitative estimate of drug-likeness (QED) is 0.502. The molecule has 0 fully saturated rings. The van der Waals surface area contributed by atoms with E-state index in [9.17, 15) is 9.59 Å². The molecule has 0 aliphatic carbocycles. The van der Waals surface area contributed by atoms with Crippen molar-refractivity contribution < 1.29 is 14.3 Å². The number of nitrogens with one attached hydrogen (secondary N) is 1. The van der Waals surface area contributed by atoms with Crippen molar-refractivity contribution in [3.05, 3.63) is 46.9 Å². The lowest BCUT2D eigenvalue weighted by Crippen LogP contribution is -2.20.